The van der Waals surface area contributed by atoms with Gasteiger partial charge in [-0.1, -0.05) is 29.3 Å². The lowest BCUT2D eigenvalue weighted by Gasteiger charge is -2.36. The highest BCUT2D eigenvalue weighted by atomic mass is 35.5. The summed E-state index contributed by atoms with van der Waals surface area (Å²) in [6.45, 7) is 2.69. The Morgan fingerprint density at radius 3 is 2.65 bits per heavy atom. The van der Waals surface area contributed by atoms with Crippen molar-refractivity contribution in [3.63, 3.8) is 0 Å². The summed E-state index contributed by atoms with van der Waals surface area (Å²) < 4.78 is 5.52. The first-order valence-electron chi connectivity index (χ1n) is 6.48. The Bertz CT molecular complexity index is 475. The van der Waals surface area contributed by atoms with Crippen LogP contribution in [0.15, 0.2) is 18.2 Å². The molecule has 0 radical (unpaired) electrons. The van der Waals surface area contributed by atoms with Crippen molar-refractivity contribution in [1.29, 1.82) is 0 Å². The predicted molar refractivity (Wildman–Crippen MR) is 78.2 cm³/mol. The molecule has 1 aromatic rings. The van der Waals surface area contributed by atoms with Crippen molar-refractivity contribution in [2.75, 3.05) is 19.7 Å². The van der Waals surface area contributed by atoms with Gasteiger partial charge in [0, 0.05) is 23.1 Å². The van der Waals surface area contributed by atoms with Gasteiger partial charge in [-0.05, 0) is 24.6 Å². The molecule has 1 saturated heterocycles. The summed E-state index contributed by atoms with van der Waals surface area (Å²) in [7, 11) is 0. The van der Waals surface area contributed by atoms with Crippen LogP contribution in [0.3, 0.4) is 0 Å². The molecular formula is C14H17Cl2NO3. The Kier molecular flexibility index (Phi) is 5.27. The van der Waals surface area contributed by atoms with Gasteiger partial charge in [-0.2, -0.15) is 0 Å². The zero-order valence-corrected chi connectivity index (χ0v) is 12.7. The van der Waals surface area contributed by atoms with Gasteiger partial charge in [0.1, 0.15) is 0 Å². The number of benzene rings is 1. The number of ether oxygens (including phenoxy) is 1. The van der Waals surface area contributed by atoms with Crippen LogP contribution < -0.4 is 0 Å². The SMILES string of the molecule is CC1CN(C(=O)Cc2c(Cl)cccc2Cl)CC(CO)O1. The number of rotatable bonds is 3. The van der Waals surface area contributed by atoms with Gasteiger partial charge in [0.05, 0.1) is 25.2 Å². The van der Waals surface area contributed by atoms with E-state index >= 15 is 0 Å². The van der Waals surface area contributed by atoms with Crippen molar-refractivity contribution in [2.45, 2.75) is 25.6 Å². The third kappa shape index (κ3) is 3.64. The van der Waals surface area contributed by atoms with Crippen LogP contribution in [0.5, 0.6) is 0 Å². The van der Waals surface area contributed by atoms with Crippen LogP contribution in [0.1, 0.15) is 12.5 Å². The molecule has 1 heterocycles. The Balaban J connectivity index is 2.08. The summed E-state index contributed by atoms with van der Waals surface area (Å²) >= 11 is 12.2. The Hall–Kier alpha value is -0.810. The van der Waals surface area contributed by atoms with Crippen LogP contribution in [-0.2, 0) is 16.0 Å². The molecule has 0 bridgehead atoms. The molecule has 6 heteroatoms. The minimum Gasteiger partial charge on any atom is -0.394 e. The lowest BCUT2D eigenvalue weighted by molar-refractivity contribution is -0.146. The molecule has 0 aliphatic carbocycles. The van der Waals surface area contributed by atoms with Crippen molar-refractivity contribution in [3.05, 3.63) is 33.8 Å². The van der Waals surface area contributed by atoms with Gasteiger partial charge in [0.25, 0.3) is 0 Å². The Labute approximate surface area is 128 Å². The summed E-state index contributed by atoms with van der Waals surface area (Å²) in [5, 5.41) is 10.2. The molecule has 1 amide bonds. The minimum absolute atomic E-state index is 0.0615. The van der Waals surface area contributed by atoms with E-state index in [1.807, 2.05) is 6.92 Å². The van der Waals surface area contributed by atoms with Gasteiger partial charge in [-0.25, -0.2) is 0 Å². The van der Waals surface area contributed by atoms with E-state index in [-0.39, 0.29) is 31.1 Å². The van der Waals surface area contributed by atoms with Crippen LogP contribution in [0.2, 0.25) is 10.0 Å². The molecule has 2 atom stereocenters. The third-order valence-electron chi connectivity index (χ3n) is 3.27. The van der Waals surface area contributed by atoms with Crippen LogP contribution in [-0.4, -0.2) is 47.8 Å². The molecule has 2 unspecified atom stereocenters. The Morgan fingerprint density at radius 2 is 2.05 bits per heavy atom. The van der Waals surface area contributed by atoms with Gasteiger partial charge < -0.3 is 14.7 Å². The number of nitrogens with zero attached hydrogens (tertiary/aromatic N) is 1. The lowest BCUT2D eigenvalue weighted by Crippen LogP contribution is -2.50. The van der Waals surface area contributed by atoms with E-state index in [1.54, 1.807) is 23.1 Å². The smallest absolute Gasteiger partial charge is 0.227 e. The van der Waals surface area contributed by atoms with Crippen molar-refractivity contribution >= 4 is 29.1 Å². The molecule has 1 aliphatic rings. The minimum atomic E-state index is -0.329. The summed E-state index contributed by atoms with van der Waals surface area (Å²) in [5.74, 6) is -0.0615. The van der Waals surface area contributed by atoms with Gasteiger partial charge in [0.2, 0.25) is 5.91 Å². The average molecular weight is 318 g/mol. The number of amides is 1. The second-order valence-electron chi connectivity index (χ2n) is 4.93. The number of halogens is 2. The molecular weight excluding hydrogens is 301 g/mol. The second-order valence-corrected chi connectivity index (χ2v) is 5.74. The Morgan fingerprint density at radius 1 is 1.40 bits per heavy atom. The van der Waals surface area contributed by atoms with E-state index in [0.717, 1.165) is 0 Å². The number of morpholine rings is 1. The van der Waals surface area contributed by atoms with Crippen LogP contribution in [0.4, 0.5) is 0 Å². The first-order chi connectivity index (χ1) is 9.51. The first kappa shape index (κ1) is 15.6. The van der Waals surface area contributed by atoms with Gasteiger partial charge in [-0.15, -0.1) is 0 Å². The molecule has 0 saturated carbocycles. The number of hydrogen-bond donors (Lipinski definition) is 1. The van der Waals surface area contributed by atoms with Gasteiger partial charge in [-0.3, -0.25) is 4.79 Å². The standard InChI is InChI=1S/C14H17Cl2NO3/c1-9-6-17(7-10(8-18)20-9)14(19)5-11-12(15)3-2-4-13(11)16/h2-4,9-10,18H,5-8H2,1H3. The maximum atomic E-state index is 12.4. The van der Waals surface area contributed by atoms with E-state index in [2.05, 4.69) is 0 Å². The third-order valence-corrected chi connectivity index (χ3v) is 3.98. The zero-order chi connectivity index (χ0) is 14.7. The van der Waals surface area contributed by atoms with Crippen molar-refractivity contribution in [2.24, 2.45) is 0 Å². The lowest BCUT2D eigenvalue weighted by atomic mass is 10.1. The largest absolute Gasteiger partial charge is 0.394 e. The van der Waals surface area contributed by atoms with Crippen molar-refractivity contribution < 1.29 is 14.6 Å². The first-order valence-corrected chi connectivity index (χ1v) is 7.23. The molecule has 1 aliphatic heterocycles. The van der Waals surface area contributed by atoms with Crippen molar-refractivity contribution in [1.82, 2.24) is 4.90 Å². The monoisotopic (exact) mass is 317 g/mol. The van der Waals surface area contributed by atoms with E-state index in [0.29, 0.717) is 28.7 Å². The highest BCUT2D eigenvalue weighted by Gasteiger charge is 2.28. The average Bonchev–Trinajstić information content (AvgIpc) is 2.42. The summed E-state index contributed by atoms with van der Waals surface area (Å²) in [6, 6.07) is 5.18. The van der Waals surface area contributed by atoms with E-state index in [9.17, 15) is 9.90 Å². The fourth-order valence-corrected chi connectivity index (χ4v) is 2.85. The molecule has 1 aromatic carbocycles. The normalized spacial score (nSPS) is 22.9. The number of hydrogen-bond acceptors (Lipinski definition) is 3. The maximum absolute atomic E-state index is 12.4. The number of carbonyl (C=O) groups excluding carboxylic acids is 1. The summed E-state index contributed by atoms with van der Waals surface area (Å²) in [4.78, 5) is 14.0. The fourth-order valence-electron chi connectivity index (χ4n) is 2.31. The van der Waals surface area contributed by atoms with E-state index < -0.39 is 0 Å². The van der Waals surface area contributed by atoms with Crippen LogP contribution in [0.25, 0.3) is 0 Å². The van der Waals surface area contributed by atoms with Gasteiger partial charge in [0.15, 0.2) is 0 Å². The van der Waals surface area contributed by atoms with Crippen molar-refractivity contribution in [3.8, 4) is 0 Å². The quantitative estimate of drug-likeness (QED) is 0.929. The highest BCUT2D eigenvalue weighted by Crippen LogP contribution is 2.25. The summed E-state index contributed by atoms with van der Waals surface area (Å²) in [6.07, 6.45) is -0.264. The molecule has 1 N–H and O–H groups in total. The van der Waals surface area contributed by atoms with Crippen LogP contribution >= 0.6 is 23.2 Å². The fraction of sp³-hybridized carbons (Fsp3) is 0.500. The molecule has 0 spiro atoms. The number of carbonyl (C=O) groups is 1. The molecule has 2 rings (SSSR count). The summed E-state index contributed by atoms with van der Waals surface area (Å²) in [5.41, 5.74) is 0.639. The second kappa shape index (κ2) is 6.76. The maximum Gasteiger partial charge on any atom is 0.227 e. The predicted octanol–water partition coefficient (Wildman–Crippen LogP) is 2.14. The van der Waals surface area contributed by atoms with E-state index in [1.165, 1.54) is 0 Å². The topological polar surface area (TPSA) is 49.8 Å². The van der Waals surface area contributed by atoms with Gasteiger partial charge >= 0.3 is 0 Å². The highest BCUT2D eigenvalue weighted by molar-refractivity contribution is 6.36. The number of aliphatic hydroxyl groups excluding tert-OH is 1. The molecule has 1 fully saturated rings. The molecule has 0 aromatic heterocycles. The molecule has 4 nitrogen and oxygen atoms in total. The van der Waals surface area contributed by atoms with E-state index in [4.69, 9.17) is 27.9 Å². The van der Waals surface area contributed by atoms with Crippen LogP contribution in [0, 0.1) is 0 Å². The zero-order valence-electron chi connectivity index (χ0n) is 11.2. The molecule has 20 heavy (non-hydrogen) atoms. The molecule has 110 valence electrons. The number of aliphatic hydroxyl groups is 1.